The number of hydrogen-bond acceptors (Lipinski definition) is 5. The molecule has 5 nitrogen and oxygen atoms in total. The first kappa shape index (κ1) is 18.5. The number of Topliss-reactive ketones (excluding diaryl/α,β-unsaturated/α-hetero) is 1. The minimum absolute atomic E-state index is 0.0447. The number of hydrogen-bond donors (Lipinski definition) is 0. The number of ketones is 1. The number of carbonyl (C=O) groups excluding carboxylic acids is 1. The second-order valence-corrected chi connectivity index (χ2v) is 8.46. The van der Waals surface area contributed by atoms with E-state index in [0.29, 0.717) is 5.56 Å². The van der Waals surface area contributed by atoms with Gasteiger partial charge in [0.2, 0.25) is 5.78 Å². The van der Waals surface area contributed by atoms with Crippen LogP contribution in [0.15, 0.2) is 87.9 Å². The molecule has 1 aliphatic rings. The SMILES string of the molecule is O=C1C(=Cc2ccc(Br)cc2)Oc2cc(OS(=O)(=O)c3ccccc3)ccc21. The van der Waals surface area contributed by atoms with Crippen molar-refractivity contribution in [1.29, 1.82) is 0 Å². The number of carbonyl (C=O) groups is 1. The van der Waals surface area contributed by atoms with Crippen LogP contribution in [-0.2, 0) is 10.1 Å². The molecule has 140 valence electrons. The lowest BCUT2D eigenvalue weighted by Gasteiger charge is -2.07. The Hall–Kier alpha value is -2.90. The lowest BCUT2D eigenvalue weighted by Crippen LogP contribution is -2.09. The number of benzene rings is 3. The second-order valence-electron chi connectivity index (χ2n) is 6.00. The number of fused-ring (bicyclic) bond motifs is 1. The number of halogens is 1. The lowest BCUT2D eigenvalue weighted by atomic mass is 10.1. The molecule has 4 rings (SSSR count). The maximum atomic E-state index is 12.5. The Morgan fingerprint density at radius 3 is 2.36 bits per heavy atom. The predicted molar refractivity (Wildman–Crippen MR) is 108 cm³/mol. The Balaban J connectivity index is 1.60. The van der Waals surface area contributed by atoms with Gasteiger partial charge in [0.1, 0.15) is 16.4 Å². The summed E-state index contributed by atoms with van der Waals surface area (Å²) >= 11 is 3.36. The van der Waals surface area contributed by atoms with Crippen LogP contribution in [0.25, 0.3) is 6.08 Å². The average Bonchev–Trinajstić information content (AvgIpc) is 2.99. The number of rotatable bonds is 4. The molecule has 3 aromatic rings. The molecule has 0 aliphatic carbocycles. The summed E-state index contributed by atoms with van der Waals surface area (Å²) in [6.45, 7) is 0. The summed E-state index contributed by atoms with van der Waals surface area (Å²) < 4.78 is 36.4. The summed E-state index contributed by atoms with van der Waals surface area (Å²) in [6.07, 6.45) is 1.63. The standard InChI is InChI=1S/C21H13BrO5S/c22-15-8-6-14(7-9-15)12-20-21(23)18-11-10-16(13-19(18)26-20)27-28(24,25)17-4-2-1-3-5-17/h1-13H. The summed E-state index contributed by atoms with van der Waals surface area (Å²) in [4.78, 5) is 12.6. The van der Waals surface area contributed by atoms with Gasteiger partial charge in [0.05, 0.1) is 5.56 Å². The van der Waals surface area contributed by atoms with E-state index in [0.717, 1.165) is 10.0 Å². The molecule has 0 amide bonds. The largest absolute Gasteiger partial charge is 0.452 e. The minimum atomic E-state index is -3.97. The van der Waals surface area contributed by atoms with Crippen molar-refractivity contribution in [2.45, 2.75) is 4.90 Å². The molecule has 0 saturated carbocycles. The van der Waals surface area contributed by atoms with E-state index in [1.165, 1.54) is 30.3 Å². The molecule has 7 heteroatoms. The number of allylic oxidation sites excluding steroid dienone is 1. The van der Waals surface area contributed by atoms with Gasteiger partial charge in [-0.15, -0.1) is 0 Å². The maximum absolute atomic E-state index is 12.5. The molecule has 0 fully saturated rings. The first-order chi connectivity index (χ1) is 13.4. The normalized spacial score (nSPS) is 14.6. The molecule has 0 atom stereocenters. The van der Waals surface area contributed by atoms with Gasteiger partial charge in [0.15, 0.2) is 5.76 Å². The molecule has 0 radical (unpaired) electrons. The van der Waals surface area contributed by atoms with Crippen LogP contribution in [-0.4, -0.2) is 14.2 Å². The summed E-state index contributed by atoms with van der Waals surface area (Å²) in [7, 11) is -3.97. The van der Waals surface area contributed by atoms with Crippen molar-refractivity contribution in [3.63, 3.8) is 0 Å². The zero-order chi connectivity index (χ0) is 19.7. The smallest absolute Gasteiger partial charge is 0.339 e. The Kier molecular flexibility index (Phi) is 4.78. The highest BCUT2D eigenvalue weighted by molar-refractivity contribution is 9.10. The van der Waals surface area contributed by atoms with Gasteiger partial charge in [-0.25, -0.2) is 0 Å². The Morgan fingerprint density at radius 1 is 0.929 bits per heavy atom. The maximum Gasteiger partial charge on any atom is 0.339 e. The van der Waals surface area contributed by atoms with Crippen LogP contribution >= 0.6 is 15.9 Å². The summed E-state index contributed by atoms with van der Waals surface area (Å²) in [5.74, 6) is 0.227. The summed E-state index contributed by atoms with van der Waals surface area (Å²) in [5.41, 5.74) is 1.16. The predicted octanol–water partition coefficient (Wildman–Crippen LogP) is 4.83. The fourth-order valence-electron chi connectivity index (χ4n) is 2.69. The third kappa shape index (κ3) is 3.72. The van der Waals surface area contributed by atoms with Crippen LogP contribution in [0.1, 0.15) is 15.9 Å². The fourth-order valence-corrected chi connectivity index (χ4v) is 3.90. The second kappa shape index (κ2) is 7.26. The molecule has 0 unspecified atom stereocenters. The van der Waals surface area contributed by atoms with Crippen LogP contribution in [0.2, 0.25) is 0 Å². The van der Waals surface area contributed by atoms with Gasteiger partial charge in [0, 0.05) is 10.5 Å². The van der Waals surface area contributed by atoms with Gasteiger partial charge in [-0.05, 0) is 48.0 Å². The Labute approximate surface area is 170 Å². The van der Waals surface area contributed by atoms with Crippen molar-refractivity contribution in [2.24, 2.45) is 0 Å². The Bertz CT molecular complexity index is 1180. The van der Waals surface area contributed by atoms with Crippen molar-refractivity contribution in [2.75, 3.05) is 0 Å². The van der Waals surface area contributed by atoms with E-state index >= 15 is 0 Å². The first-order valence-corrected chi connectivity index (χ1v) is 10.5. The third-order valence-corrected chi connectivity index (χ3v) is 5.84. The van der Waals surface area contributed by atoms with Crippen LogP contribution in [0.5, 0.6) is 11.5 Å². The van der Waals surface area contributed by atoms with Crippen molar-refractivity contribution >= 4 is 37.9 Å². The molecule has 0 aromatic heterocycles. The van der Waals surface area contributed by atoms with Crippen molar-refractivity contribution in [1.82, 2.24) is 0 Å². The van der Waals surface area contributed by atoms with E-state index in [2.05, 4.69) is 15.9 Å². The molecule has 3 aromatic carbocycles. The van der Waals surface area contributed by atoms with Crippen molar-refractivity contribution < 1.29 is 22.1 Å². The van der Waals surface area contributed by atoms with Crippen LogP contribution in [0.3, 0.4) is 0 Å². The molecule has 0 spiro atoms. The highest BCUT2D eigenvalue weighted by atomic mass is 79.9. The van der Waals surface area contributed by atoms with E-state index in [1.54, 1.807) is 24.3 Å². The molecule has 0 bridgehead atoms. The van der Waals surface area contributed by atoms with Gasteiger partial charge in [0.25, 0.3) is 0 Å². The number of ether oxygens (including phenoxy) is 1. The quantitative estimate of drug-likeness (QED) is 0.415. The summed E-state index contributed by atoms with van der Waals surface area (Å²) in [5, 5.41) is 0. The van der Waals surface area contributed by atoms with E-state index in [4.69, 9.17) is 8.92 Å². The van der Waals surface area contributed by atoms with E-state index in [-0.39, 0.29) is 27.9 Å². The van der Waals surface area contributed by atoms with Crippen LogP contribution < -0.4 is 8.92 Å². The van der Waals surface area contributed by atoms with Gasteiger partial charge in [-0.3, -0.25) is 4.79 Å². The Morgan fingerprint density at radius 2 is 1.64 bits per heavy atom. The molecule has 0 N–H and O–H groups in total. The first-order valence-electron chi connectivity index (χ1n) is 8.26. The van der Waals surface area contributed by atoms with E-state index in [9.17, 15) is 13.2 Å². The molecule has 1 aliphatic heterocycles. The average molecular weight is 457 g/mol. The van der Waals surface area contributed by atoms with Gasteiger partial charge in [-0.2, -0.15) is 8.42 Å². The topological polar surface area (TPSA) is 69.7 Å². The van der Waals surface area contributed by atoms with Crippen molar-refractivity contribution in [3.8, 4) is 11.5 Å². The van der Waals surface area contributed by atoms with Crippen LogP contribution in [0.4, 0.5) is 0 Å². The third-order valence-electron chi connectivity index (χ3n) is 4.05. The van der Waals surface area contributed by atoms with Gasteiger partial charge < -0.3 is 8.92 Å². The van der Waals surface area contributed by atoms with Crippen molar-refractivity contribution in [3.05, 3.63) is 94.2 Å². The van der Waals surface area contributed by atoms with E-state index in [1.807, 2.05) is 24.3 Å². The lowest BCUT2D eigenvalue weighted by molar-refractivity contribution is 0.101. The molecule has 0 saturated heterocycles. The zero-order valence-electron chi connectivity index (χ0n) is 14.3. The minimum Gasteiger partial charge on any atom is -0.452 e. The molecule has 28 heavy (non-hydrogen) atoms. The van der Waals surface area contributed by atoms with Crippen LogP contribution in [0, 0.1) is 0 Å². The zero-order valence-corrected chi connectivity index (χ0v) is 16.7. The highest BCUT2D eigenvalue weighted by Gasteiger charge is 2.28. The monoisotopic (exact) mass is 456 g/mol. The fraction of sp³-hybridized carbons (Fsp3) is 0. The summed E-state index contributed by atoms with van der Waals surface area (Å²) in [6, 6.07) is 19.6. The van der Waals surface area contributed by atoms with Gasteiger partial charge >= 0.3 is 10.1 Å². The molecular weight excluding hydrogens is 444 g/mol. The molecule has 1 heterocycles. The van der Waals surface area contributed by atoms with E-state index < -0.39 is 10.1 Å². The van der Waals surface area contributed by atoms with Gasteiger partial charge in [-0.1, -0.05) is 46.3 Å². The highest BCUT2D eigenvalue weighted by Crippen LogP contribution is 2.35. The molecular formula is C21H13BrO5S.